The number of carbonyl (C=O) groups is 1. The predicted octanol–water partition coefficient (Wildman–Crippen LogP) is 5.68. The third-order valence-corrected chi connectivity index (χ3v) is 7.44. The molecular formula is C28H22F3N3O4. The van der Waals surface area contributed by atoms with Crippen LogP contribution in [0.25, 0.3) is 38.6 Å². The molecule has 3 N–H and O–H groups in total. The standard InChI is InChI=1S/C28H22F3N3O4/c1-38-21-3-2-10-28(21,37)26-22(14-4-6-15(7-5-14)27(35)36)23-20(11-16-13-32-33-25(16)24(23)31)34(26)17-8-9-18(29)19(30)12-17/h4-9,11-13,21,37H,2-3,10H2,1H3,(H,32,33)(H,35,36). The summed E-state index contributed by atoms with van der Waals surface area (Å²) in [6, 6.07) is 10.8. The van der Waals surface area contributed by atoms with E-state index in [0.29, 0.717) is 34.9 Å². The molecule has 2 aromatic heterocycles. The van der Waals surface area contributed by atoms with Gasteiger partial charge in [0.1, 0.15) is 11.1 Å². The number of ether oxygens (including phenoxy) is 1. The summed E-state index contributed by atoms with van der Waals surface area (Å²) in [5.74, 6) is -3.92. The van der Waals surface area contributed by atoms with Crippen LogP contribution >= 0.6 is 0 Å². The van der Waals surface area contributed by atoms with Gasteiger partial charge in [0.05, 0.1) is 29.1 Å². The molecule has 6 rings (SSSR count). The maximum Gasteiger partial charge on any atom is 0.335 e. The highest BCUT2D eigenvalue weighted by Gasteiger charge is 2.48. The van der Waals surface area contributed by atoms with Gasteiger partial charge in [-0.3, -0.25) is 5.10 Å². The van der Waals surface area contributed by atoms with Crippen LogP contribution in [0.3, 0.4) is 0 Å². The number of hydrogen-bond acceptors (Lipinski definition) is 4. The van der Waals surface area contributed by atoms with Gasteiger partial charge in [-0.1, -0.05) is 12.1 Å². The van der Waals surface area contributed by atoms with Crippen molar-refractivity contribution >= 4 is 27.8 Å². The first-order valence-corrected chi connectivity index (χ1v) is 12.0. The number of aromatic carboxylic acids is 1. The molecule has 0 bridgehead atoms. The molecule has 194 valence electrons. The maximum absolute atomic E-state index is 16.3. The summed E-state index contributed by atoms with van der Waals surface area (Å²) in [6.45, 7) is 0. The van der Waals surface area contributed by atoms with Crippen molar-refractivity contribution in [1.29, 1.82) is 0 Å². The SMILES string of the molecule is COC1CCCC1(O)c1c(-c2ccc(C(=O)O)cc2)c2c(F)c3[nH]ncc3cc2n1-c1ccc(F)c(F)c1. The highest BCUT2D eigenvalue weighted by atomic mass is 19.2. The van der Waals surface area contributed by atoms with E-state index >= 15 is 4.39 Å². The Bertz CT molecular complexity index is 1730. The van der Waals surface area contributed by atoms with Crippen LogP contribution < -0.4 is 0 Å². The van der Waals surface area contributed by atoms with Crippen LogP contribution in [0.4, 0.5) is 13.2 Å². The lowest BCUT2D eigenvalue weighted by Gasteiger charge is -2.32. The number of hydrogen-bond donors (Lipinski definition) is 3. The molecule has 38 heavy (non-hydrogen) atoms. The predicted molar refractivity (Wildman–Crippen MR) is 134 cm³/mol. The number of aromatic amines is 1. The van der Waals surface area contributed by atoms with E-state index in [-0.39, 0.29) is 34.3 Å². The van der Waals surface area contributed by atoms with Gasteiger partial charge in [0.25, 0.3) is 0 Å². The zero-order chi connectivity index (χ0) is 26.8. The molecule has 0 amide bonds. The van der Waals surface area contributed by atoms with Crippen molar-refractivity contribution in [3.05, 3.63) is 83.4 Å². The van der Waals surface area contributed by atoms with Gasteiger partial charge in [0.15, 0.2) is 17.5 Å². The average Bonchev–Trinajstić information content (AvgIpc) is 3.62. The highest BCUT2D eigenvalue weighted by Crippen LogP contribution is 2.50. The van der Waals surface area contributed by atoms with Crippen molar-refractivity contribution in [2.75, 3.05) is 7.11 Å². The van der Waals surface area contributed by atoms with Crippen LogP contribution in [0, 0.1) is 17.5 Å². The van der Waals surface area contributed by atoms with E-state index in [1.807, 2.05) is 0 Å². The lowest BCUT2D eigenvalue weighted by molar-refractivity contribution is -0.0806. The fourth-order valence-corrected chi connectivity index (χ4v) is 5.71. The fourth-order valence-electron chi connectivity index (χ4n) is 5.71. The number of methoxy groups -OCH3 is 1. The van der Waals surface area contributed by atoms with E-state index in [2.05, 4.69) is 10.2 Å². The number of fused-ring (bicyclic) bond motifs is 2. The van der Waals surface area contributed by atoms with Crippen LogP contribution in [0.15, 0.2) is 54.7 Å². The summed E-state index contributed by atoms with van der Waals surface area (Å²) in [4.78, 5) is 11.5. The number of H-pyrrole nitrogens is 1. The normalized spacial score (nSPS) is 19.6. The third-order valence-electron chi connectivity index (χ3n) is 7.44. The number of nitrogens with zero attached hydrogens (tertiary/aromatic N) is 2. The molecule has 0 spiro atoms. The molecule has 0 radical (unpaired) electrons. The van der Waals surface area contributed by atoms with E-state index < -0.39 is 35.1 Å². The van der Waals surface area contributed by atoms with Gasteiger partial charge in [-0.15, -0.1) is 0 Å². The monoisotopic (exact) mass is 521 g/mol. The number of rotatable bonds is 5. The molecule has 2 atom stereocenters. The lowest BCUT2D eigenvalue weighted by Crippen LogP contribution is -2.38. The molecule has 1 aliphatic carbocycles. The van der Waals surface area contributed by atoms with Crippen LogP contribution in [0.5, 0.6) is 0 Å². The molecule has 7 nitrogen and oxygen atoms in total. The zero-order valence-corrected chi connectivity index (χ0v) is 20.1. The average molecular weight is 521 g/mol. The Morgan fingerprint density at radius 3 is 2.58 bits per heavy atom. The van der Waals surface area contributed by atoms with Crippen molar-refractivity contribution in [2.24, 2.45) is 0 Å². The Labute approximate surface area is 214 Å². The minimum Gasteiger partial charge on any atom is -0.478 e. The molecule has 1 fully saturated rings. The molecule has 10 heteroatoms. The molecule has 1 saturated carbocycles. The molecule has 5 aromatic rings. The number of carboxylic acids is 1. The second-order valence-corrected chi connectivity index (χ2v) is 9.50. The van der Waals surface area contributed by atoms with E-state index in [1.54, 1.807) is 6.07 Å². The van der Waals surface area contributed by atoms with E-state index in [1.165, 1.54) is 48.2 Å². The summed E-state index contributed by atoms with van der Waals surface area (Å²) < 4.78 is 51.9. The van der Waals surface area contributed by atoms with Gasteiger partial charge < -0.3 is 19.5 Å². The molecule has 3 aromatic carbocycles. The zero-order valence-electron chi connectivity index (χ0n) is 20.1. The highest BCUT2D eigenvalue weighted by molar-refractivity contribution is 6.06. The van der Waals surface area contributed by atoms with Gasteiger partial charge in [0, 0.05) is 35.2 Å². The molecule has 2 heterocycles. The number of aliphatic hydroxyl groups is 1. The molecule has 0 saturated heterocycles. The number of aromatic nitrogens is 3. The minimum absolute atomic E-state index is 0.0328. The Morgan fingerprint density at radius 2 is 1.89 bits per heavy atom. The summed E-state index contributed by atoms with van der Waals surface area (Å²) in [5, 5.41) is 28.8. The first-order valence-electron chi connectivity index (χ1n) is 12.0. The Morgan fingerprint density at radius 1 is 1.13 bits per heavy atom. The quantitative estimate of drug-likeness (QED) is 0.277. The molecule has 0 aliphatic heterocycles. The van der Waals surface area contributed by atoms with Crippen LogP contribution in [0.2, 0.25) is 0 Å². The summed E-state index contributed by atoms with van der Waals surface area (Å²) in [5.41, 5.74) is -0.0174. The lowest BCUT2D eigenvalue weighted by atomic mass is 9.88. The molecular weight excluding hydrogens is 499 g/mol. The first kappa shape index (κ1) is 24.2. The van der Waals surface area contributed by atoms with E-state index in [4.69, 9.17) is 4.74 Å². The smallest absolute Gasteiger partial charge is 0.335 e. The van der Waals surface area contributed by atoms with Crippen LogP contribution in [0.1, 0.15) is 35.3 Å². The maximum atomic E-state index is 16.3. The van der Waals surface area contributed by atoms with Gasteiger partial charge in [-0.05, 0) is 55.2 Å². The number of carboxylic acid groups (broad SMARTS) is 1. The Balaban J connectivity index is 1.81. The molecule has 1 aliphatic rings. The van der Waals surface area contributed by atoms with E-state index in [9.17, 15) is 23.8 Å². The number of benzene rings is 3. The fraction of sp³-hybridized carbons (Fsp3) is 0.214. The summed E-state index contributed by atoms with van der Waals surface area (Å²) >= 11 is 0. The van der Waals surface area contributed by atoms with Crippen molar-refractivity contribution in [3.8, 4) is 16.8 Å². The van der Waals surface area contributed by atoms with Gasteiger partial charge in [-0.25, -0.2) is 18.0 Å². The Hall–Kier alpha value is -4.15. The summed E-state index contributed by atoms with van der Waals surface area (Å²) in [7, 11) is 1.47. The van der Waals surface area contributed by atoms with E-state index in [0.717, 1.165) is 12.1 Å². The first-order chi connectivity index (χ1) is 18.2. The van der Waals surface area contributed by atoms with Crippen molar-refractivity contribution < 1.29 is 32.9 Å². The number of halogens is 3. The second kappa shape index (κ2) is 8.71. The van der Waals surface area contributed by atoms with Crippen LogP contribution in [-0.2, 0) is 10.3 Å². The van der Waals surface area contributed by atoms with Gasteiger partial charge >= 0.3 is 5.97 Å². The largest absolute Gasteiger partial charge is 0.478 e. The third kappa shape index (κ3) is 3.44. The van der Waals surface area contributed by atoms with Gasteiger partial charge in [-0.2, -0.15) is 5.10 Å². The topological polar surface area (TPSA) is 100 Å². The van der Waals surface area contributed by atoms with Crippen LogP contribution in [-0.4, -0.2) is 44.2 Å². The summed E-state index contributed by atoms with van der Waals surface area (Å²) in [6.07, 6.45) is 2.19. The molecule has 2 unspecified atom stereocenters. The number of nitrogens with one attached hydrogen (secondary N) is 1. The Kier molecular flexibility index (Phi) is 5.55. The van der Waals surface area contributed by atoms with Gasteiger partial charge in [0.2, 0.25) is 0 Å². The second-order valence-electron chi connectivity index (χ2n) is 9.50. The minimum atomic E-state index is -1.63. The van der Waals surface area contributed by atoms with Crippen molar-refractivity contribution in [2.45, 2.75) is 31.0 Å². The van der Waals surface area contributed by atoms with Crippen molar-refractivity contribution in [1.82, 2.24) is 14.8 Å². The van der Waals surface area contributed by atoms with Crippen molar-refractivity contribution in [3.63, 3.8) is 0 Å².